The van der Waals surface area contributed by atoms with Gasteiger partial charge in [0.05, 0.1) is 27.7 Å². The summed E-state index contributed by atoms with van der Waals surface area (Å²) in [7, 11) is 0. The van der Waals surface area contributed by atoms with E-state index in [0.717, 1.165) is 37.4 Å². The Morgan fingerprint density at radius 1 is 1.28 bits per heavy atom. The van der Waals surface area contributed by atoms with Crippen LogP contribution < -0.4 is 21.7 Å². The van der Waals surface area contributed by atoms with Crippen LogP contribution in [0.5, 0.6) is 5.88 Å². The second kappa shape index (κ2) is 9.36. The first-order valence-electron chi connectivity index (χ1n) is 12.1. The number of imidazole rings is 1. The molecule has 2 aliphatic rings. The third kappa shape index (κ3) is 4.69. The third-order valence-electron chi connectivity index (χ3n) is 6.37. The molecule has 11 nitrogen and oxygen atoms in total. The van der Waals surface area contributed by atoms with Crippen LogP contribution in [0.25, 0.3) is 22.3 Å². The molecular weight excluding hydrogens is 480 g/mol. The highest BCUT2D eigenvalue weighted by Crippen LogP contribution is 2.27. The van der Waals surface area contributed by atoms with Crippen LogP contribution in [-0.4, -0.2) is 72.7 Å². The highest BCUT2D eigenvalue weighted by Gasteiger charge is 2.21. The molecule has 4 aromatic heterocycles. The Kier molecular flexibility index (Phi) is 5.89. The summed E-state index contributed by atoms with van der Waals surface area (Å²) in [6.07, 6.45) is 7.78. The van der Waals surface area contributed by atoms with Gasteiger partial charge in [-0.05, 0) is 57.0 Å². The SMILES string of the molecule is O=C(NCCN1CCCC1)c1ccc(-c2cc(=NC3CC3)n3nc/c(=C/c4[nH]c(=O)[nH]c4O)c3n2)s1. The van der Waals surface area contributed by atoms with E-state index in [4.69, 9.17) is 9.98 Å². The van der Waals surface area contributed by atoms with Gasteiger partial charge < -0.3 is 20.3 Å². The highest BCUT2D eigenvalue weighted by molar-refractivity contribution is 7.17. The first-order chi connectivity index (χ1) is 17.5. The zero-order chi connectivity index (χ0) is 24.6. The lowest BCUT2D eigenvalue weighted by molar-refractivity contribution is 0.0954. The van der Waals surface area contributed by atoms with Gasteiger partial charge in [-0.15, -0.1) is 11.3 Å². The molecule has 0 aromatic carbocycles. The maximum absolute atomic E-state index is 12.7. The summed E-state index contributed by atoms with van der Waals surface area (Å²) < 4.78 is 1.66. The summed E-state index contributed by atoms with van der Waals surface area (Å²) in [5, 5.41) is 18.1. The molecule has 2 fully saturated rings. The van der Waals surface area contributed by atoms with Crippen LogP contribution in [0.4, 0.5) is 0 Å². The van der Waals surface area contributed by atoms with Crippen molar-refractivity contribution in [2.24, 2.45) is 4.99 Å². The van der Waals surface area contributed by atoms with Crippen LogP contribution in [0.15, 0.2) is 34.2 Å². The third-order valence-corrected chi connectivity index (χ3v) is 7.48. The van der Waals surface area contributed by atoms with Crippen LogP contribution in [-0.2, 0) is 0 Å². The number of nitrogens with zero attached hydrogens (tertiary/aromatic N) is 5. The molecule has 12 heteroatoms. The number of carbonyl (C=O) groups excluding carboxylic acids is 1. The van der Waals surface area contributed by atoms with Gasteiger partial charge >= 0.3 is 5.69 Å². The number of aromatic hydroxyl groups is 1. The van der Waals surface area contributed by atoms with E-state index in [1.165, 1.54) is 24.2 Å². The molecule has 36 heavy (non-hydrogen) atoms. The minimum atomic E-state index is -0.502. The van der Waals surface area contributed by atoms with Gasteiger partial charge in [0.15, 0.2) is 11.1 Å². The Morgan fingerprint density at radius 2 is 2.11 bits per heavy atom. The van der Waals surface area contributed by atoms with E-state index >= 15 is 0 Å². The summed E-state index contributed by atoms with van der Waals surface area (Å²) in [4.78, 5) is 42.6. The van der Waals surface area contributed by atoms with Gasteiger partial charge in [0.2, 0.25) is 5.88 Å². The van der Waals surface area contributed by atoms with E-state index in [1.54, 1.807) is 16.8 Å². The van der Waals surface area contributed by atoms with Crippen molar-refractivity contribution in [3.63, 3.8) is 0 Å². The normalized spacial score (nSPS) is 17.4. The first-order valence-corrected chi connectivity index (χ1v) is 12.9. The molecule has 0 bridgehead atoms. The number of fused-ring (bicyclic) bond motifs is 1. The second-order valence-electron chi connectivity index (χ2n) is 9.15. The monoisotopic (exact) mass is 506 g/mol. The summed E-state index contributed by atoms with van der Waals surface area (Å²) in [6, 6.07) is 5.87. The summed E-state index contributed by atoms with van der Waals surface area (Å²) >= 11 is 1.38. The standard InChI is InChI=1S/C24H26N8O3S/c33-22-17(29-24(35)30-22)11-14-13-26-32-20(27-15-3-4-15)12-16(28-21(14)32)18-5-6-19(36-18)23(34)25-7-10-31-8-1-2-9-31/h5-6,11-13,15,33H,1-4,7-10H2,(H,25,34)(H2,29,30,35)/b14-11-,27-20?. The number of hydrogen-bond donors (Lipinski definition) is 4. The number of thiophene rings is 1. The van der Waals surface area contributed by atoms with E-state index in [1.807, 2.05) is 18.2 Å². The van der Waals surface area contributed by atoms with Crippen LogP contribution in [0, 0.1) is 0 Å². The highest BCUT2D eigenvalue weighted by atomic mass is 32.1. The van der Waals surface area contributed by atoms with Gasteiger partial charge in [0.25, 0.3) is 5.91 Å². The fraction of sp³-hybridized carbons (Fsp3) is 0.375. The fourth-order valence-electron chi connectivity index (χ4n) is 4.34. The van der Waals surface area contributed by atoms with Crippen molar-refractivity contribution in [1.82, 2.24) is 34.8 Å². The summed E-state index contributed by atoms with van der Waals surface area (Å²) in [5.74, 6) is -0.336. The quantitative estimate of drug-likeness (QED) is 0.289. The lowest BCUT2D eigenvalue weighted by Gasteiger charge is -2.14. The maximum atomic E-state index is 12.7. The Hall–Kier alpha value is -3.77. The summed E-state index contributed by atoms with van der Waals surface area (Å²) in [6.45, 7) is 3.71. The predicted molar refractivity (Wildman–Crippen MR) is 135 cm³/mol. The number of hydrogen-bond acceptors (Lipinski definition) is 8. The van der Waals surface area contributed by atoms with Crippen molar-refractivity contribution in [3.8, 4) is 16.5 Å². The second-order valence-corrected chi connectivity index (χ2v) is 10.2. The smallest absolute Gasteiger partial charge is 0.326 e. The first kappa shape index (κ1) is 22.7. The molecule has 1 aliphatic carbocycles. The van der Waals surface area contributed by atoms with Gasteiger partial charge in [0, 0.05) is 24.4 Å². The maximum Gasteiger partial charge on any atom is 0.326 e. The molecule has 1 aliphatic heterocycles. The molecule has 186 valence electrons. The van der Waals surface area contributed by atoms with Gasteiger partial charge in [-0.1, -0.05) is 0 Å². The van der Waals surface area contributed by atoms with E-state index < -0.39 is 5.69 Å². The Labute approximate surface area is 209 Å². The molecule has 1 saturated heterocycles. The van der Waals surface area contributed by atoms with Gasteiger partial charge in [-0.25, -0.2) is 9.78 Å². The van der Waals surface area contributed by atoms with Crippen LogP contribution in [0.2, 0.25) is 0 Å². The van der Waals surface area contributed by atoms with E-state index in [2.05, 4.69) is 25.3 Å². The molecule has 6 rings (SSSR count). The van der Waals surface area contributed by atoms with Gasteiger partial charge in [-0.3, -0.25) is 14.8 Å². The van der Waals surface area contributed by atoms with Crippen molar-refractivity contribution in [2.75, 3.05) is 26.2 Å². The number of amides is 1. The van der Waals surface area contributed by atoms with Crippen molar-refractivity contribution in [2.45, 2.75) is 31.7 Å². The van der Waals surface area contributed by atoms with Gasteiger partial charge in [0.1, 0.15) is 5.69 Å². The lowest BCUT2D eigenvalue weighted by atomic mass is 10.3. The molecule has 5 heterocycles. The van der Waals surface area contributed by atoms with Crippen molar-refractivity contribution >= 4 is 29.0 Å². The zero-order valence-electron chi connectivity index (χ0n) is 19.5. The average Bonchev–Trinajstić information content (AvgIpc) is 3.27. The number of aromatic amines is 2. The number of aromatic nitrogens is 5. The Morgan fingerprint density at radius 3 is 2.86 bits per heavy atom. The minimum absolute atomic E-state index is 0.0836. The summed E-state index contributed by atoms with van der Waals surface area (Å²) in [5.41, 5.74) is 1.64. The van der Waals surface area contributed by atoms with Crippen molar-refractivity contribution in [1.29, 1.82) is 0 Å². The Balaban J connectivity index is 1.33. The van der Waals surface area contributed by atoms with E-state index in [0.29, 0.717) is 33.5 Å². The lowest BCUT2D eigenvalue weighted by Crippen LogP contribution is -2.33. The number of likely N-dealkylation sites (tertiary alicyclic amines) is 1. The molecule has 0 atom stereocenters. The topological polar surface area (TPSA) is 144 Å². The zero-order valence-corrected chi connectivity index (χ0v) is 20.3. The molecular formula is C24H26N8O3S. The molecule has 1 amide bonds. The van der Waals surface area contributed by atoms with Crippen LogP contribution >= 0.6 is 11.3 Å². The number of nitrogens with one attached hydrogen (secondary N) is 3. The van der Waals surface area contributed by atoms with E-state index in [-0.39, 0.29) is 23.5 Å². The van der Waals surface area contributed by atoms with E-state index in [9.17, 15) is 14.7 Å². The molecule has 0 radical (unpaired) electrons. The van der Waals surface area contributed by atoms with Crippen LogP contribution in [0.3, 0.4) is 0 Å². The van der Waals surface area contributed by atoms with Gasteiger partial charge in [-0.2, -0.15) is 9.61 Å². The molecule has 4 N–H and O–H groups in total. The van der Waals surface area contributed by atoms with Crippen molar-refractivity contribution < 1.29 is 9.90 Å². The molecule has 0 spiro atoms. The largest absolute Gasteiger partial charge is 0.493 e. The van der Waals surface area contributed by atoms with Crippen molar-refractivity contribution in [3.05, 3.63) is 56.2 Å². The number of rotatable bonds is 7. The minimum Gasteiger partial charge on any atom is -0.493 e. The molecule has 1 saturated carbocycles. The predicted octanol–water partition coefficient (Wildman–Crippen LogP) is 0.616. The number of H-pyrrole nitrogens is 2. The molecule has 0 unspecified atom stereocenters. The Bertz CT molecular complexity index is 1600. The average molecular weight is 507 g/mol. The molecule has 4 aromatic rings. The van der Waals surface area contributed by atoms with Crippen LogP contribution in [0.1, 0.15) is 41.0 Å². The fourth-order valence-corrected chi connectivity index (χ4v) is 5.22. The number of carbonyl (C=O) groups is 1.